The highest BCUT2D eigenvalue weighted by molar-refractivity contribution is 7.47. The van der Waals surface area contributed by atoms with Crippen LogP contribution in [0.15, 0.2) is 0 Å². The number of unbranched alkanes of at least 4 members (excludes halogenated alkanes) is 36. The van der Waals surface area contributed by atoms with Crippen molar-refractivity contribution in [1.82, 2.24) is 0 Å². The average Bonchev–Trinajstić information content (AvgIpc) is 3.59. The molecule has 0 bridgehead atoms. The third kappa shape index (κ3) is 61.3. The molecule has 0 aliphatic heterocycles. The molecule has 0 radical (unpaired) electrons. The first kappa shape index (κ1) is 85.1. The first-order valence-corrected chi connectivity index (χ1v) is 38.5. The van der Waals surface area contributed by atoms with E-state index in [1.54, 1.807) is 0 Å². The van der Waals surface area contributed by atoms with Gasteiger partial charge in [-0.25, -0.2) is 9.13 Å². The fourth-order valence-electron chi connectivity index (χ4n) is 10.2. The van der Waals surface area contributed by atoms with Gasteiger partial charge in [-0.05, 0) is 37.5 Å². The SMILES string of the molecule is CCCCCCCCCCCCCCC(=O)O[C@H](COC(=O)CCCCCCCCC)COP(=O)(O)OC[C@H](O)COP(=O)(O)OC[C@@H](COC(=O)CCCCCCCCCCCCC(C)CC)OC(=O)CCCCCCCCCCCCCC(C)C. The second-order valence-corrected chi connectivity index (χ2v) is 28.2. The van der Waals surface area contributed by atoms with Crippen molar-refractivity contribution in [3.8, 4) is 0 Å². The molecule has 0 spiro atoms. The van der Waals surface area contributed by atoms with E-state index in [9.17, 15) is 43.2 Å². The van der Waals surface area contributed by atoms with Crippen molar-refractivity contribution in [1.29, 1.82) is 0 Å². The highest BCUT2D eigenvalue weighted by atomic mass is 31.2. The van der Waals surface area contributed by atoms with E-state index in [0.717, 1.165) is 115 Å². The number of carbonyl (C=O) groups is 4. The predicted octanol–water partition coefficient (Wildman–Crippen LogP) is 19.2. The minimum atomic E-state index is -4.95. The van der Waals surface area contributed by atoms with Crippen LogP contribution in [0.1, 0.15) is 343 Å². The molecule has 87 heavy (non-hydrogen) atoms. The molecule has 0 saturated carbocycles. The second kappa shape index (κ2) is 60.3. The van der Waals surface area contributed by atoms with Crippen LogP contribution < -0.4 is 0 Å². The number of phosphoric ester groups is 2. The van der Waals surface area contributed by atoms with Crippen LogP contribution in [0.5, 0.6) is 0 Å². The molecule has 0 amide bonds. The van der Waals surface area contributed by atoms with Crippen molar-refractivity contribution in [3.05, 3.63) is 0 Å². The monoisotopic (exact) mass is 1280 g/mol. The summed E-state index contributed by atoms with van der Waals surface area (Å²) in [5, 5.41) is 10.6. The van der Waals surface area contributed by atoms with Crippen LogP contribution in [0.3, 0.4) is 0 Å². The molecular weight excluding hydrogens is 1150 g/mol. The summed E-state index contributed by atoms with van der Waals surface area (Å²) in [4.78, 5) is 72.3. The van der Waals surface area contributed by atoms with E-state index in [1.165, 1.54) is 148 Å². The Morgan fingerprint density at radius 3 is 0.874 bits per heavy atom. The Labute approximate surface area is 530 Å². The lowest BCUT2D eigenvalue weighted by atomic mass is 9.99. The van der Waals surface area contributed by atoms with E-state index in [4.69, 9.17) is 37.0 Å². The van der Waals surface area contributed by atoms with Gasteiger partial charge in [0.2, 0.25) is 0 Å². The van der Waals surface area contributed by atoms with Crippen molar-refractivity contribution in [3.63, 3.8) is 0 Å². The summed E-state index contributed by atoms with van der Waals surface area (Å²) in [6.07, 6.45) is 44.4. The minimum absolute atomic E-state index is 0.106. The van der Waals surface area contributed by atoms with Crippen molar-refractivity contribution in [2.45, 2.75) is 362 Å². The van der Waals surface area contributed by atoms with E-state index in [0.29, 0.717) is 25.7 Å². The lowest BCUT2D eigenvalue weighted by Crippen LogP contribution is -2.30. The van der Waals surface area contributed by atoms with Gasteiger partial charge in [-0.3, -0.25) is 37.3 Å². The molecule has 6 atom stereocenters. The van der Waals surface area contributed by atoms with Gasteiger partial charge in [-0.1, -0.05) is 292 Å². The van der Waals surface area contributed by atoms with Crippen LogP contribution in [-0.2, 0) is 65.4 Å². The first-order valence-electron chi connectivity index (χ1n) is 35.5. The Morgan fingerprint density at radius 2 is 0.586 bits per heavy atom. The third-order valence-electron chi connectivity index (χ3n) is 16.1. The molecule has 0 saturated heterocycles. The number of ether oxygens (including phenoxy) is 4. The van der Waals surface area contributed by atoms with Crippen molar-refractivity contribution in [2.75, 3.05) is 39.6 Å². The Bertz CT molecular complexity index is 1700. The molecule has 0 aliphatic carbocycles. The van der Waals surface area contributed by atoms with Gasteiger partial charge >= 0.3 is 39.5 Å². The molecule has 17 nitrogen and oxygen atoms in total. The largest absolute Gasteiger partial charge is 0.472 e. The number of hydrogen-bond donors (Lipinski definition) is 3. The molecule has 0 heterocycles. The summed E-state index contributed by atoms with van der Waals surface area (Å²) in [7, 11) is -9.89. The van der Waals surface area contributed by atoms with Gasteiger partial charge in [-0.15, -0.1) is 0 Å². The molecule has 0 aromatic heterocycles. The average molecular weight is 1280 g/mol. The van der Waals surface area contributed by atoms with Gasteiger partial charge in [0, 0.05) is 25.7 Å². The molecule has 516 valence electrons. The van der Waals surface area contributed by atoms with Gasteiger partial charge in [0.15, 0.2) is 12.2 Å². The maximum atomic E-state index is 13.0. The third-order valence-corrected chi connectivity index (χ3v) is 18.0. The number of aliphatic hydroxyl groups is 1. The summed E-state index contributed by atoms with van der Waals surface area (Å²) in [5.74, 6) is -0.555. The standard InChI is InChI=1S/C68H132O17P2/c1-7-10-12-14-16-17-18-21-28-34-40-46-52-67(72)84-63(56-78-65(70)50-44-38-30-15-13-11-8-2)58-82-86(74,75)80-54-62(69)55-81-87(76,77)83-59-64(85-68(73)53-47-41-35-29-22-19-20-25-31-36-42-48-60(4)5)57-79-66(71)51-45-39-33-27-24-23-26-32-37-43-49-61(6)9-3/h60-64,69H,7-59H2,1-6H3,(H,74,75)(H,76,77)/t61?,62-,63+,64+/m0/s1. The van der Waals surface area contributed by atoms with Gasteiger partial charge in [0.25, 0.3) is 0 Å². The summed E-state index contributed by atoms with van der Waals surface area (Å²) in [5.41, 5.74) is 0. The van der Waals surface area contributed by atoms with E-state index in [-0.39, 0.29) is 25.7 Å². The molecule has 3 unspecified atom stereocenters. The molecule has 0 aliphatic rings. The number of hydrogen-bond acceptors (Lipinski definition) is 15. The fourth-order valence-corrected chi connectivity index (χ4v) is 11.8. The van der Waals surface area contributed by atoms with Crippen LogP contribution in [0.2, 0.25) is 0 Å². The Balaban J connectivity index is 5.22. The highest BCUT2D eigenvalue weighted by Crippen LogP contribution is 2.45. The van der Waals surface area contributed by atoms with Gasteiger partial charge in [-0.2, -0.15) is 0 Å². The van der Waals surface area contributed by atoms with Gasteiger partial charge in [0.1, 0.15) is 19.3 Å². The molecule has 0 fully saturated rings. The quantitative estimate of drug-likeness (QED) is 0.0222. The van der Waals surface area contributed by atoms with Crippen LogP contribution in [0.25, 0.3) is 0 Å². The number of phosphoric acid groups is 2. The van der Waals surface area contributed by atoms with Crippen LogP contribution in [0, 0.1) is 11.8 Å². The summed E-state index contributed by atoms with van der Waals surface area (Å²) >= 11 is 0. The van der Waals surface area contributed by atoms with Gasteiger partial charge < -0.3 is 33.8 Å². The lowest BCUT2D eigenvalue weighted by Gasteiger charge is -2.21. The maximum Gasteiger partial charge on any atom is 0.472 e. The smallest absolute Gasteiger partial charge is 0.462 e. The number of aliphatic hydroxyl groups excluding tert-OH is 1. The number of esters is 4. The van der Waals surface area contributed by atoms with E-state index < -0.39 is 97.5 Å². The topological polar surface area (TPSA) is 237 Å². The van der Waals surface area contributed by atoms with Crippen LogP contribution >= 0.6 is 15.6 Å². The van der Waals surface area contributed by atoms with Crippen LogP contribution in [-0.4, -0.2) is 96.7 Å². The van der Waals surface area contributed by atoms with Crippen LogP contribution in [0.4, 0.5) is 0 Å². The number of rotatable bonds is 67. The van der Waals surface area contributed by atoms with Crippen molar-refractivity contribution in [2.24, 2.45) is 11.8 Å². The minimum Gasteiger partial charge on any atom is -0.462 e. The molecule has 0 rings (SSSR count). The predicted molar refractivity (Wildman–Crippen MR) is 349 cm³/mol. The second-order valence-electron chi connectivity index (χ2n) is 25.3. The zero-order valence-corrected chi connectivity index (χ0v) is 58.1. The normalized spacial score (nSPS) is 14.5. The maximum absolute atomic E-state index is 13.0. The molecule has 0 aromatic carbocycles. The summed E-state index contributed by atoms with van der Waals surface area (Å²) < 4.78 is 68.1. The summed E-state index contributed by atoms with van der Waals surface area (Å²) in [6, 6.07) is 0. The van der Waals surface area contributed by atoms with Gasteiger partial charge in [0.05, 0.1) is 26.4 Å². The molecule has 3 N–H and O–H groups in total. The Morgan fingerprint density at radius 1 is 0.333 bits per heavy atom. The van der Waals surface area contributed by atoms with E-state index >= 15 is 0 Å². The number of carbonyl (C=O) groups excluding carboxylic acids is 4. The highest BCUT2D eigenvalue weighted by Gasteiger charge is 2.30. The zero-order chi connectivity index (χ0) is 64.3. The Kier molecular flexibility index (Phi) is 59.0. The van der Waals surface area contributed by atoms with Crippen molar-refractivity contribution < 1.29 is 80.2 Å². The first-order chi connectivity index (χ1) is 41.9. The van der Waals surface area contributed by atoms with E-state index in [2.05, 4.69) is 41.5 Å². The molecular formula is C68H132O17P2. The lowest BCUT2D eigenvalue weighted by molar-refractivity contribution is -0.161. The van der Waals surface area contributed by atoms with Crippen molar-refractivity contribution >= 4 is 39.5 Å². The summed E-state index contributed by atoms with van der Waals surface area (Å²) in [6.45, 7) is 9.52. The Hall–Kier alpha value is -1.94. The molecule has 0 aromatic rings. The fraction of sp³-hybridized carbons (Fsp3) is 0.941. The van der Waals surface area contributed by atoms with E-state index in [1.807, 2.05) is 0 Å². The zero-order valence-electron chi connectivity index (χ0n) is 56.3. The molecule has 19 heteroatoms.